The van der Waals surface area contributed by atoms with E-state index in [0.717, 1.165) is 22.4 Å². The fraction of sp³-hybridized carbons (Fsp3) is 0.160. The Balaban J connectivity index is 1.42. The van der Waals surface area contributed by atoms with E-state index in [2.05, 4.69) is 16.8 Å². The average Bonchev–Trinajstić information content (AvgIpc) is 2.82. The van der Waals surface area contributed by atoms with Crippen molar-refractivity contribution in [2.24, 2.45) is 5.73 Å². The van der Waals surface area contributed by atoms with E-state index in [-0.39, 0.29) is 18.3 Å². The molecule has 8 heteroatoms. The molecule has 0 bridgehead atoms. The molecular weight excluding hydrogens is 423 g/mol. The zero-order valence-electron chi connectivity index (χ0n) is 17.7. The Bertz CT molecular complexity index is 1250. The molecule has 0 aliphatic carbocycles. The van der Waals surface area contributed by atoms with Gasteiger partial charge in [0, 0.05) is 29.4 Å². The van der Waals surface area contributed by atoms with Crippen LogP contribution >= 0.6 is 0 Å². The summed E-state index contributed by atoms with van der Waals surface area (Å²) in [5.41, 5.74) is 9.67. The van der Waals surface area contributed by atoms with Crippen molar-refractivity contribution in [1.29, 1.82) is 0 Å². The SMILES string of the molecule is NC(=O)N(O)CC#Cc1ccc2c(c1)CCN(Cc1ccc(-c3ccc(F)cc3)cn1)C2=O. The largest absolute Gasteiger partial charge is 0.350 e. The number of urea groups is 1. The topological polar surface area (TPSA) is 99.8 Å². The Morgan fingerprint density at radius 3 is 2.61 bits per heavy atom. The quantitative estimate of drug-likeness (QED) is 0.367. The second-order valence-electron chi connectivity index (χ2n) is 7.59. The first-order valence-electron chi connectivity index (χ1n) is 10.3. The van der Waals surface area contributed by atoms with E-state index in [0.29, 0.717) is 35.7 Å². The molecule has 3 aromatic rings. The standard InChI is InChI=1S/C25H21FN4O3/c26-21-7-4-18(5-8-21)20-6-9-22(28-15-20)16-29-13-11-19-14-17(3-10-23(19)24(29)31)2-1-12-30(33)25(27)32/h3-10,14-15,33H,11-13,16H2,(H2,27,32). The van der Waals surface area contributed by atoms with Gasteiger partial charge in [-0.15, -0.1) is 0 Å². The van der Waals surface area contributed by atoms with Crippen LogP contribution in [0.15, 0.2) is 60.8 Å². The van der Waals surface area contributed by atoms with Gasteiger partial charge in [-0.1, -0.05) is 30.0 Å². The van der Waals surface area contributed by atoms with E-state index in [9.17, 15) is 19.2 Å². The molecular formula is C25H21FN4O3. The summed E-state index contributed by atoms with van der Waals surface area (Å²) in [6.07, 6.45) is 2.40. The second kappa shape index (κ2) is 9.51. The van der Waals surface area contributed by atoms with E-state index in [1.165, 1.54) is 12.1 Å². The van der Waals surface area contributed by atoms with Gasteiger partial charge in [-0.3, -0.25) is 15.0 Å². The molecule has 2 aromatic carbocycles. The molecule has 3 N–H and O–H groups in total. The first-order chi connectivity index (χ1) is 15.9. The molecule has 33 heavy (non-hydrogen) atoms. The number of nitrogens with two attached hydrogens (primary N) is 1. The molecule has 0 unspecified atom stereocenters. The molecule has 1 aromatic heterocycles. The number of primary amides is 1. The van der Waals surface area contributed by atoms with Gasteiger partial charge in [-0.25, -0.2) is 9.18 Å². The van der Waals surface area contributed by atoms with Crippen molar-refractivity contribution < 1.29 is 19.2 Å². The highest BCUT2D eigenvalue weighted by Crippen LogP contribution is 2.23. The number of nitrogens with zero attached hydrogens (tertiary/aromatic N) is 3. The summed E-state index contributed by atoms with van der Waals surface area (Å²) in [4.78, 5) is 30.0. The zero-order valence-corrected chi connectivity index (χ0v) is 17.7. The molecule has 7 nitrogen and oxygen atoms in total. The third-order valence-electron chi connectivity index (χ3n) is 5.35. The normalized spacial score (nSPS) is 12.5. The molecule has 0 atom stereocenters. The van der Waals surface area contributed by atoms with Crippen LogP contribution in [0.5, 0.6) is 0 Å². The summed E-state index contributed by atoms with van der Waals surface area (Å²) >= 11 is 0. The van der Waals surface area contributed by atoms with Crippen molar-refractivity contribution in [3.05, 3.63) is 89.0 Å². The van der Waals surface area contributed by atoms with Crippen LogP contribution in [0.3, 0.4) is 0 Å². The van der Waals surface area contributed by atoms with Crippen molar-refractivity contribution in [3.63, 3.8) is 0 Å². The molecule has 1 aliphatic heterocycles. The van der Waals surface area contributed by atoms with Crippen molar-refractivity contribution in [3.8, 4) is 23.0 Å². The predicted molar refractivity (Wildman–Crippen MR) is 119 cm³/mol. The van der Waals surface area contributed by atoms with Crippen LogP contribution in [0.1, 0.15) is 27.2 Å². The number of halogens is 1. The van der Waals surface area contributed by atoms with Crippen LogP contribution in [-0.2, 0) is 13.0 Å². The van der Waals surface area contributed by atoms with Crippen molar-refractivity contribution in [1.82, 2.24) is 14.9 Å². The van der Waals surface area contributed by atoms with E-state index < -0.39 is 6.03 Å². The number of fused-ring (bicyclic) bond motifs is 1. The number of carbonyl (C=O) groups is 2. The van der Waals surface area contributed by atoms with Gasteiger partial charge in [0.05, 0.1) is 12.2 Å². The van der Waals surface area contributed by atoms with Crippen LogP contribution in [0.4, 0.5) is 9.18 Å². The van der Waals surface area contributed by atoms with E-state index in [1.807, 2.05) is 18.2 Å². The summed E-state index contributed by atoms with van der Waals surface area (Å²) in [6.45, 7) is 0.741. The van der Waals surface area contributed by atoms with Crippen LogP contribution in [0, 0.1) is 17.7 Å². The maximum Gasteiger partial charge on any atom is 0.339 e. The number of hydroxylamine groups is 2. The van der Waals surface area contributed by atoms with Crippen LogP contribution in [0.25, 0.3) is 11.1 Å². The summed E-state index contributed by atoms with van der Waals surface area (Å²) in [5.74, 6) is 5.16. The van der Waals surface area contributed by atoms with Crippen molar-refractivity contribution in [2.45, 2.75) is 13.0 Å². The van der Waals surface area contributed by atoms with E-state index in [1.54, 1.807) is 35.4 Å². The Labute approximate surface area is 190 Å². The first-order valence-corrected chi connectivity index (χ1v) is 10.3. The van der Waals surface area contributed by atoms with Gasteiger partial charge >= 0.3 is 6.03 Å². The van der Waals surface area contributed by atoms with E-state index in [4.69, 9.17) is 5.73 Å². The van der Waals surface area contributed by atoms with Crippen LogP contribution in [-0.4, -0.2) is 45.2 Å². The molecule has 4 rings (SSSR count). The number of hydrogen-bond acceptors (Lipinski definition) is 4. The lowest BCUT2D eigenvalue weighted by atomic mass is 9.96. The number of pyridine rings is 1. The molecule has 0 radical (unpaired) electrons. The lowest BCUT2D eigenvalue weighted by Crippen LogP contribution is -2.37. The Morgan fingerprint density at radius 1 is 1.15 bits per heavy atom. The lowest BCUT2D eigenvalue weighted by molar-refractivity contribution is -0.0269. The number of carbonyl (C=O) groups excluding carboxylic acids is 2. The maximum absolute atomic E-state index is 13.1. The van der Waals surface area contributed by atoms with Crippen molar-refractivity contribution >= 4 is 11.9 Å². The number of hydrogen-bond donors (Lipinski definition) is 2. The lowest BCUT2D eigenvalue weighted by Gasteiger charge is -2.28. The molecule has 166 valence electrons. The first kappa shape index (κ1) is 22.0. The molecule has 1 aliphatic rings. The van der Waals surface area contributed by atoms with E-state index >= 15 is 0 Å². The highest BCUT2D eigenvalue weighted by Gasteiger charge is 2.24. The van der Waals surface area contributed by atoms with Gasteiger partial charge in [-0.05, 0) is 53.9 Å². The van der Waals surface area contributed by atoms with Crippen molar-refractivity contribution in [2.75, 3.05) is 13.1 Å². The molecule has 3 amide bonds. The Hall–Kier alpha value is -4.22. The third-order valence-corrected chi connectivity index (χ3v) is 5.35. The molecule has 2 heterocycles. The van der Waals surface area contributed by atoms with Gasteiger partial charge in [0.1, 0.15) is 12.4 Å². The number of rotatable bonds is 4. The minimum absolute atomic E-state index is 0.0737. The highest BCUT2D eigenvalue weighted by molar-refractivity contribution is 5.96. The smallest absolute Gasteiger partial charge is 0.339 e. The zero-order chi connectivity index (χ0) is 23.4. The fourth-order valence-electron chi connectivity index (χ4n) is 3.59. The Morgan fingerprint density at radius 2 is 1.91 bits per heavy atom. The second-order valence-corrected chi connectivity index (χ2v) is 7.59. The summed E-state index contributed by atoms with van der Waals surface area (Å²) < 4.78 is 13.1. The monoisotopic (exact) mass is 444 g/mol. The number of benzene rings is 2. The predicted octanol–water partition coefficient (Wildman–Crippen LogP) is 3.21. The summed E-state index contributed by atoms with van der Waals surface area (Å²) in [7, 11) is 0. The van der Waals surface area contributed by atoms with Crippen LogP contribution in [0.2, 0.25) is 0 Å². The molecule has 0 saturated heterocycles. The van der Waals surface area contributed by atoms with Crippen LogP contribution < -0.4 is 5.73 Å². The molecule has 0 spiro atoms. The fourth-order valence-corrected chi connectivity index (χ4v) is 3.59. The Kier molecular flexibility index (Phi) is 6.33. The number of amides is 3. The average molecular weight is 444 g/mol. The van der Waals surface area contributed by atoms with Gasteiger partial charge < -0.3 is 10.6 Å². The summed E-state index contributed by atoms with van der Waals surface area (Å²) in [6, 6.07) is 14.4. The van der Waals surface area contributed by atoms with Gasteiger partial charge in [-0.2, -0.15) is 5.06 Å². The summed E-state index contributed by atoms with van der Waals surface area (Å²) in [5, 5.41) is 9.58. The minimum atomic E-state index is -0.972. The number of aromatic nitrogens is 1. The third kappa shape index (κ3) is 5.17. The molecule has 0 fully saturated rings. The highest BCUT2D eigenvalue weighted by atomic mass is 19.1. The maximum atomic E-state index is 13.1. The van der Waals surface area contributed by atoms with Gasteiger partial charge in [0.15, 0.2) is 0 Å². The minimum Gasteiger partial charge on any atom is -0.350 e. The van der Waals surface area contributed by atoms with Gasteiger partial charge in [0.25, 0.3) is 5.91 Å². The van der Waals surface area contributed by atoms with Gasteiger partial charge in [0.2, 0.25) is 0 Å². The molecule has 0 saturated carbocycles.